The van der Waals surface area contributed by atoms with Gasteiger partial charge in [0, 0.05) is 0 Å². The van der Waals surface area contributed by atoms with Crippen LogP contribution in [-0.2, 0) is 4.74 Å². The molecule has 0 amide bonds. The molecule has 0 aliphatic heterocycles. The quantitative estimate of drug-likeness (QED) is 0.436. The van der Waals surface area contributed by atoms with Crippen molar-refractivity contribution >= 4 is 0 Å². The van der Waals surface area contributed by atoms with Crippen LogP contribution in [0.3, 0.4) is 0 Å². The van der Waals surface area contributed by atoms with Gasteiger partial charge in [0.1, 0.15) is 6.61 Å². The second-order valence-electron chi connectivity index (χ2n) is 4.13. The third kappa shape index (κ3) is 5.01. The predicted octanol–water partition coefficient (Wildman–Crippen LogP) is 2.28. The van der Waals surface area contributed by atoms with E-state index in [1.165, 1.54) is 0 Å². The summed E-state index contributed by atoms with van der Waals surface area (Å²) >= 11 is 0. The van der Waals surface area contributed by atoms with E-state index in [2.05, 4.69) is 18.1 Å². The number of hydrogen-bond acceptors (Lipinski definition) is 2. The molecule has 0 bridgehead atoms. The maximum atomic E-state index is 10.3. The molecule has 0 saturated carbocycles. The largest absolute Gasteiger partial charge is 0.390 e. The summed E-state index contributed by atoms with van der Waals surface area (Å²) in [4.78, 5) is 0. The Bertz CT molecular complexity index is 239. The van der Waals surface area contributed by atoms with Crippen LogP contribution >= 0.6 is 0 Å². The first-order chi connectivity index (χ1) is 7.27. The van der Waals surface area contributed by atoms with Crippen LogP contribution in [0.1, 0.15) is 38.5 Å². The summed E-state index contributed by atoms with van der Waals surface area (Å²) in [7, 11) is 0. The van der Waals surface area contributed by atoms with Crippen molar-refractivity contribution in [1.82, 2.24) is 0 Å². The van der Waals surface area contributed by atoms with Crippen molar-refractivity contribution in [3.05, 3.63) is 12.2 Å². The molecule has 0 fully saturated rings. The maximum Gasteiger partial charge on any atom is 0.107 e. The average molecular weight is 208 g/mol. The van der Waals surface area contributed by atoms with Gasteiger partial charge in [-0.2, -0.15) is 0 Å². The molecular weight excluding hydrogens is 188 g/mol. The van der Waals surface area contributed by atoms with Crippen LogP contribution in [0.5, 0.6) is 0 Å². The molecule has 2 nitrogen and oxygen atoms in total. The third-order valence-corrected chi connectivity index (χ3v) is 2.85. The molecule has 0 aromatic carbocycles. The molecule has 1 atom stereocenters. The minimum atomic E-state index is -0.542. The topological polar surface area (TPSA) is 29.5 Å². The molecule has 0 unspecified atom stereocenters. The predicted molar refractivity (Wildman–Crippen MR) is 61.4 cm³/mol. The molecule has 1 aliphatic carbocycles. The summed E-state index contributed by atoms with van der Waals surface area (Å²) in [6.45, 7) is 0.903. The fourth-order valence-corrected chi connectivity index (χ4v) is 1.90. The number of hydrogen-bond donors (Lipinski definition) is 1. The molecule has 1 N–H and O–H groups in total. The Balaban J connectivity index is 2.29. The summed E-state index contributed by atoms with van der Waals surface area (Å²) < 4.78 is 5.21. The Hall–Kier alpha value is -0.780. The number of aliphatic hydroxyl groups is 1. The van der Waals surface area contributed by atoms with E-state index in [4.69, 9.17) is 11.2 Å². The highest BCUT2D eigenvalue weighted by Crippen LogP contribution is 2.26. The zero-order valence-corrected chi connectivity index (χ0v) is 9.24. The summed E-state index contributed by atoms with van der Waals surface area (Å²) in [5, 5.41) is 10.3. The SMILES string of the molecule is C#CCOCC[C@]1(O)CC/C=C/CCC1. The van der Waals surface area contributed by atoms with E-state index in [1.807, 2.05) is 0 Å². The van der Waals surface area contributed by atoms with Crippen molar-refractivity contribution in [3.63, 3.8) is 0 Å². The lowest BCUT2D eigenvalue weighted by molar-refractivity contribution is -0.0107. The molecule has 2 heteroatoms. The third-order valence-electron chi connectivity index (χ3n) is 2.85. The van der Waals surface area contributed by atoms with Crippen molar-refractivity contribution in [3.8, 4) is 12.3 Å². The second kappa shape index (κ2) is 6.66. The Morgan fingerprint density at radius 1 is 1.33 bits per heavy atom. The highest BCUT2D eigenvalue weighted by atomic mass is 16.5. The van der Waals surface area contributed by atoms with Crippen LogP contribution < -0.4 is 0 Å². The van der Waals surface area contributed by atoms with E-state index in [0.29, 0.717) is 19.6 Å². The van der Waals surface area contributed by atoms with E-state index in [0.717, 1.165) is 32.1 Å². The van der Waals surface area contributed by atoms with Gasteiger partial charge in [0.25, 0.3) is 0 Å². The molecule has 0 aromatic rings. The second-order valence-corrected chi connectivity index (χ2v) is 4.13. The van der Waals surface area contributed by atoms with Gasteiger partial charge in [0.05, 0.1) is 12.2 Å². The molecule has 0 aromatic heterocycles. The molecule has 0 radical (unpaired) electrons. The molecule has 0 heterocycles. The Kier molecular flexibility index (Phi) is 5.45. The fraction of sp³-hybridized carbons (Fsp3) is 0.692. The monoisotopic (exact) mass is 208 g/mol. The zero-order chi connectivity index (χ0) is 11.0. The highest BCUT2D eigenvalue weighted by molar-refractivity contribution is 4.91. The van der Waals surface area contributed by atoms with Gasteiger partial charge < -0.3 is 9.84 Å². The molecule has 84 valence electrons. The van der Waals surface area contributed by atoms with Crippen LogP contribution in [0.4, 0.5) is 0 Å². The lowest BCUT2D eigenvalue weighted by Crippen LogP contribution is -2.30. The number of allylic oxidation sites excluding steroid dienone is 2. The summed E-state index contributed by atoms with van der Waals surface area (Å²) in [6.07, 6.45) is 14.9. The summed E-state index contributed by atoms with van der Waals surface area (Å²) in [5.74, 6) is 2.43. The zero-order valence-electron chi connectivity index (χ0n) is 9.24. The van der Waals surface area contributed by atoms with Gasteiger partial charge in [0.2, 0.25) is 0 Å². The Morgan fingerprint density at radius 3 is 2.93 bits per heavy atom. The molecule has 15 heavy (non-hydrogen) atoms. The lowest BCUT2D eigenvalue weighted by atomic mass is 9.87. The van der Waals surface area contributed by atoms with Gasteiger partial charge in [-0.3, -0.25) is 0 Å². The molecule has 0 saturated heterocycles. The van der Waals surface area contributed by atoms with Gasteiger partial charge >= 0.3 is 0 Å². The smallest absolute Gasteiger partial charge is 0.107 e. The van der Waals surface area contributed by atoms with E-state index in [9.17, 15) is 5.11 Å². The van der Waals surface area contributed by atoms with Gasteiger partial charge in [-0.25, -0.2) is 0 Å². The van der Waals surface area contributed by atoms with Crippen LogP contribution in [-0.4, -0.2) is 23.9 Å². The van der Waals surface area contributed by atoms with Crippen molar-refractivity contribution in [2.45, 2.75) is 44.1 Å². The van der Waals surface area contributed by atoms with Crippen molar-refractivity contribution in [1.29, 1.82) is 0 Å². The summed E-state index contributed by atoms with van der Waals surface area (Å²) in [6, 6.07) is 0. The maximum absolute atomic E-state index is 10.3. The van der Waals surface area contributed by atoms with Crippen LogP contribution in [0.25, 0.3) is 0 Å². The number of rotatable bonds is 4. The number of ether oxygens (including phenoxy) is 1. The molecular formula is C13H20O2. The van der Waals surface area contributed by atoms with Gasteiger partial charge in [-0.15, -0.1) is 6.42 Å². The summed E-state index contributed by atoms with van der Waals surface area (Å²) in [5.41, 5.74) is -0.542. The van der Waals surface area contributed by atoms with E-state index >= 15 is 0 Å². The van der Waals surface area contributed by atoms with Crippen molar-refractivity contribution in [2.24, 2.45) is 0 Å². The van der Waals surface area contributed by atoms with E-state index < -0.39 is 5.60 Å². The fourth-order valence-electron chi connectivity index (χ4n) is 1.90. The first kappa shape index (κ1) is 12.3. The average Bonchev–Trinajstić information content (AvgIpc) is 2.20. The Labute approximate surface area is 92.3 Å². The van der Waals surface area contributed by atoms with Gasteiger partial charge in [-0.1, -0.05) is 18.1 Å². The van der Waals surface area contributed by atoms with Crippen molar-refractivity contribution < 1.29 is 9.84 Å². The van der Waals surface area contributed by atoms with Gasteiger partial charge in [-0.05, 0) is 38.5 Å². The Morgan fingerprint density at radius 2 is 2.13 bits per heavy atom. The minimum absolute atomic E-state index is 0.343. The van der Waals surface area contributed by atoms with Gasteiger partial charge in [0.15, 0.2) is 0 Å². The first-order valence-corrected chi connectivity index (χ1v) is 5.65. The standard InChI is InChI=1S/C13H20O2/c1-2-11-15-12-10-13(14)8-6-4-3-5-7-9-13/h1,3-4,14H,5-12H2/b4-3+/t13-/m0/s1. The van der Waals surface area contributed by atoms with Crippen molar-refractivity contribution in [2.75, 3.05) is 13.2 Å². The van der Waals surface area contributed by atoms with E-state index in [1.54, 1.807) is 0 Å². The van der Waals surface area contributed by atoms with Crippen LogP contribution in [0.15, 0.2) is 12.2 Å². The van der Waals surface area contributed by atoms with Crippen LogP contribution in [0, 0.1) is 12.3 Å². The normalized spacial score (nSPS) is 28.8. The number of terminal acetylenes is 1. The lowest BCUT2D eigenvalue weighted by Gasteiger charge is -2.28. The molecule has 1 aliphatic rings. The van der Waals surface area contributed by atoms with Crippen LogP contribution in [0.2, 0.25) is 0 Å². The molecule has 0 spiro atoms. The highest BCUT2D eigenvalue weighted by Gasteiger charge is 2.25. The van der Waals surface area contributed by atoms with E-state index in [-0.39, 0.29) is 0 Å². The minimum Gasteiger partial charge on any atom is -0.390 e. The first-order valence-electron chi connectivity index (χ1n) is 5.65. The molecule has 1 rings (SSSR count).